The molecule has 2 heterocycles. The van der Waals surface area contributed by atoms with Crippen LogP contribution in [0, 0.1) is 0 Å². The van der Waals surface area contributed by atoms with Crippen molar-refractivity contribution in [2.75, 3.05) is 20.2 Å². The van der Waals surface area contributed by atoms with Crippen LogP contribution in [0.25, 0.3) is 0 Å². The molecule has 0 radical (unpaired) electrons. The van der Waals surface area contributed by atoms with Gasteiger partial charge in [0.25, 0.3) is 0 Å². The molecule has 1 aliphatic rings. The summed E-state index contributed by atoms with van der Waals surface area (Å²) in [5.74, 6) is -0.374. The Kier molecular flexibility index (Phi) is 3.12. The number of likely N-dealkylation sites (tertiary alicyclic amines) is 1. The molecule has 6 nitrogen and oxygen atoms in total. The van der Waals surface area contributed by atoms with E-state index >= 15 is 0 Å². The van der Waals surface area contributed by atoms with Gasteiger partial charge in [-0.1, -0.05) is 0 Å². The van der Waals surface area contributed by atoms with Gasteiger partial charge >= 0.3 is 5.97 Å². The first-order valence-electron chi connectivity index (χ1n) is 5.59. The second-order valence-corrected chi connectivity index (χ2v) is 3.99. The van der Waals surface area contributed by atoms with Crippen LogP contribution in [0.4, 0.5) is 0 Å². The van der Waals surface area contributed by atoms with Gasteiger partial charge in [-0.05, 0) is 13.3 Å². The molecule has 1 unspecified atom stereocenters. The molecule has 17 heavy (non-hydrogen) atoms. The highest BCUT2D eigenvalue weighted by Crippen LogP contribution is 2.21. The van der Waals surface area contributed by atoms with E-state index in [-0.39, 0.29) is 11.9 Å². The molecule has 1 atom stereocenters. The lowest BCUT2D eigenvalue weighted by Gasteiger charge is -2.10. The summed E-state index contributed by atoms with van der Waals surface area (Å²) in [6, 6.07) is -0.289. The second kappa shape index (κ2) is 4.57. The molecular formula is C11H15N3O3. The zero-order chi connectivity index (χ0) is 12.4. The molecule has 1 saturated heterocycles. The van der Waals surface area contributed by atoms with E-state index in [1.165, 1.54) is 10.9 Å². The number of ether oxygens (including phenoxy) is 1. The molecule has 1 fully saturated rings. The van der Waals surface area contributed by atoms with Crippen molar-refractivity contribution in [1.82, 2.24) is 14.7 Å². The Morgan fingerprint density at radius 3 is 3.00 bits per heavy atom. The summed E-state index contributed by atoms with van der Waals surface area (Å²) in [5.41, 5.74) is 0.384. The standard InChI is InChI=1S/C11H15N3O3/c1-3-17-11(16)8-6-12-14(7-8)9-4-5-13(2)10(9)15/h6-7,9H,3-5H2,1-2H3. The molecule has 0 aliphatic carbocycles. The SMILES string of the molecule is CCOC(=O)c1cnn(C2CCN(C)C2=O)c1. The van der Waals surface area contributed by atoms with E-state index in [9.17, 15) is 9.59 Å². The highest BCUT2D eigenvalue weighted by molar-refractivity contribution is 5.89. The number of rotatable bonds is 3. The average molecular weight is 237 g/mol. The number of carbonyl (C=O) groups excluding carboxylic acids is 2. The molecule has 6 heteroatoms. The zero-order valence-corrected chi connectivity index (χ0v) is 9.92. The topological polar surface area (TPSA) is 64.4 Å². The maximum Gasteiger partial charge on any atom is 0.341 e. The fraction of sp³-hybridized carbons (Fsp3) is 0.545. The van der Waals surface area contributed by atoms with Gasteiger partial charge in [0.2, 0.25) is 5.91 Å². The van der Waals surface area contributed by atoms with Crippen LogP contribution in [0.15, 0.2) is 12.4 Å². The van der Waals surface area contributed by atoms with Gasteiger partial charge in [-0.2, -0.15) is 5.10 Å². The summed E-state index contributed by atoms with van der Waals surface area (Å²) in [7, 11) is 1.76. The second-order valence-electron chi connectivity index (χ2n) is 3.99. The zero-order valence-electron chi connectivity index (χ0n) is 9.92. The molecule has 0 aromatic carbocycles. The van der Waals surface area contributed by atoms with E-state index in [1.54, 1.807) is 25.1 Å². The van der Waals surface area contributed by atoms with Crippen molar-refractivity contribution in [3.63, 3.8) is 0 Å². The van der Waals surface area contributed by atoms with Crippen molar-refractivity contribution in [3.8, 4) is 0 Å². The first kappa shape index (κ1) is 11.6. The van der Waals surface area contributed by atoms with Gasteiger partial charge in [-0.3, -0.25) is 9.48 Å². The number of aromatic nitrogens is 2. The predicted octanol–water partition coefficient (Wildman–Crippen LogP) is 0.463. The van der Waals surface area contributed by atoms with Crippen LogP contribution in [0.5, 0.6) is 0 Å². The van der Waals surface area contributed by atoms with Crippen molar-refractivity contribution in [2.45, 2.75) is 19.4 Å². The summed E-state index contributed by atoms with van der Waals surface area (Å²) >= 11 is 0. The summed E-state index contributed by atoms with van der Waals surface area (Å²) in [6.07, 6.45) is 3.72. The number of hydrogen-bond acceptors (Lipinski definition) is 4. The van der Waals surface area contributed by atoms with Crippen molar-refractivity contribution in [2.24, 2.45) is 0 Å². The van der Waals surface area contributed by atoms with Gasteiger partial charge < -0.3 is 9.64 Å². The van der Waals surface area contributed by atoms with E-state index < -0.39 is 5.97 Å². The predicted molar refractivity (Wildman–Crippen MR) is 59.5 cm³/mol. The fourth-order valence-electron chi connectivity index (χ4n) is 1.88. The van der Waals surface area contributed by atoms with Gasteiger partial charge in [0.15, 0.2) is 0 Å². The molecule has 0 bridgehead atoms. The van der Waals surface area contributed by atoms with Crippen molar-refractivity contribution in [1.29, 1.82) is 0 Å². The van der Waals surface area contributed by atoms with Gasteiger partial charge in [0.1, 0.15) is 6.04 Å². The normalized spacial score (nSPS) is 19.8. The Hall–Kier alpha value is -1.85. The number of carbonyl (C=O) groups is 2. The number of esters is 1. The van der Waals surface area contributed by atoms with Crippen LogP contribution in [0.1, 0.15) is 29.7 Å². The summed E-state index contributed by atoms with van der Waals surface area (Å²) in [5, 5.41) is 4.05. The highest BCUT2D eigenvalue weighted by Gasteiger charge is 2.31. The van der Waals surface area contributed by atoms with Crippen molar-refractivity contribution in [3.05, 3.63) is 18.0 Å². The highest BCUT2D eigenvalue weighted by atomic mass is 16.5. The monoisotopic (exact) mass is 237 g/mol. The van der Waals surface area contributed by atoms with Crippen LogP contribution >= 0.6 is 0 Å². The number of nitrogens with zero attached hydrogens (tertiary/aromatic N) is 3. The van der Waals surface area contributed by atoms with Gasteiger partial charge in [0, 0.05) is 19.8 Å². The molecule has 0 spiro atoms. The van der Waals surface area contributed by atoms with Crippen LogP contribution < -0.4 is 0 Å². The first-order chi connectivity index (χ1) is 8.13. The summed E-state index contributed by atoms with van der Waals surface area (Å²) < 4.78 is 6.40. The lowest BCUT2D eigenvalue weighted by Crippen LogP contribution is -2.24. The first-order valence-corrected chi connectivity index (χ1v) is 5.59. The minimum atomic E-state index is -0.405. The molecule has 1 aliphatic heterocycles. The molecule has 1 aromatic rings. The maximum atomic E-state index is 11.8. The molecule has 1 aromatic heterocycles. The molecule has 92 valence electrons. The Labute approximate surface area is 99.1 Å². The van der Waals surface area contributed by atoms with Crippen LogP contribution in [0.2, 0.25) is 0 Å². The Morgan fingerprint density at radius 2 is 2.41 bits per heavy atom. The lowest BCUT2D eigenvalue weighted by atomic mass is 10.2. The third-order valence-electron chi connectivity index (χ3n) is 2.83. The van der Waals surface area contributed by atoms with E-state index in [0.29, 0.717) is 12.2 Å². The molecule has 1 amide bonds. The largest absolute Gasteiger partial charge is 0.462 e. The summed E-state index contributed by atoms with van der Waals surface area (Å²) in [6.45, 7) is 2.80. The molecule has 0 N–H and O–H groups in total. The number of amides is 1. The van der Waals surface area contributed by atoms with Crippen LogP contribution in [0.3, 0.4) is 0 Å². The third kappa shape index (κ3) is 2.15. The Balaban J connectivity index is 2.13. The Morgan fingerprint density at radius 1 is 1.65 bits per heavy atom. The average Bonchev–Trinajstić information content (AvgIpc) is 2.88. The van der Waals surface area contributed by atoms with E-state index in [0.717, 1.165) is 13.0 Å². The fourth-order valence-corrected chi connectivity index (χ4v) is 1.88. The number of hydrogen-bond donors (Lipinski definition) is 0. The minimum absolute atomic E-state index is 0.0310. The minimum Gasteiger partial charge on any atom is -0.462 e. The molecule has 0 saturated carbocycles. The van der Waals surface area contributed by atoms with Crippen LogP contribution in [-0.4, -0.2) is 46.8 Å². The molecular weight excluding hydrogens is 222 g/mol. The third-order valence-corrected chi connectivity index (χ3v) is 2.83. The van der Waals surface area contributed by atoms with E-state index in [2.05, 4.69) is 5.10 Å². The van der Waals surface area contributed by atoms with Crippen LogP contribution in [-0.2, 0) is 9.53 Å². The number of likely N-dealkylation sites (N-methyl/N-ethyl adjacent to an activating group) is 1. The lowest BCUT2D eigenvalue weighted by molar-refractivity contribution is -0.129. The van der Waals surface area contributed by atoms with E-state index in [4.69, 9.17) is 4.74 Å². The Bertz CT molecular complexity index is 441. The van der Waals surface area contributed by atoms with E-state index in [1.807, 2.05) is 0 Å². The summed E-state index contributed by atoms with van der Waals surface area (Å²) in [4.78, 5) is 24.9. The maximum absolute atomic E-state index is 11.8. The van der Waals surface area contributed by atoms with Gasteiger partial charge in [0.05, 0.1) is 18.4 Å². The quantitative estimate of drug-likeness (QED) is 0.716. The van der Waals surface area contributed by atoms with Gasteiger partial charge in [-0.15, -0.1) is 0 Å². The van der Waals surface area contributed by atoms with Crippen molar-refractivity contribution < 1.29 is 14.3 Å². The van der Waals surface area contributed by atoms with Crippen molar-refractivity contribution >= 4 is 11.9 Å². The smallest absolute Gasteiger partial charge is 0.341 e. The van der Waals surface area contributed by atoms with Gasteiger partial charge in [-0.25, -0.2) is 4.79 Å². The molecule has 2 rings (SSSR count).